The van der Waals surface area contributed by atoms with E-state index in [1.165, 1.54) is 29.1 Å². The molecule has 0 spiro atoms. The molecule has 168 valence electrons. The number of nitrogens with zero attached hydrogens (tertiary/aromatic N) is 3. The maximum Gasteiger partial charge on any atom is 0.271 e. The quantitative estimate of drug-likeness (QED) is 0.266. The molecule has 1 aliphatic rings. The van der Waals surface area contributed by atoms with Crippen molar-refractivity contribution in [1.29, 1.82) is 0 Å². The zero-order valence-electron chi connectivity index (χ0n) is 18.5. The second-order valence-electron chi connectivity index (χ2n) is 8.33. The van der Waals surface area contributed by atoms with Crippen LogP contribution in [-0.4, -0.2) is 47.4 Å². The van der Waals surface area contributed by atoms with Gasteiger partial charge in [-0.3, -0.25) is 15.0 Å². The summed E-state index contributed by atoms with van der Waals surface area (Å²) in [4.78, 5) is 17.2. The molecule has 3 aromatic carbocycles. The Morgan fingerprint density at radius 2 is 1.75 bits per heavy atom. The van der Waals surface area contributed by atoms with E-state index in [1.807, 2.05) is 18.2 Å². The minimum atomic E-state index is -0.305. The van der Waals surface area contributed by atoms with Crippen molar-refractivity contribution in [1.82, 2.24) is 9.80 Å². The predicted molar refractivity (Wildman–Crippen MR) is 133 cm³/mol. The Bertz CT molecular complexity index is 1070. The third-order valence-corrected chi connectivity index (χ3v) is 6.65. The molecule has 0 atom stereocenters. The van der Waals surface area contributed by atoms with Gasteiger partial charge in [-0.2, -0.15) is 0 Å². The number of nitro groups is 1. The summed E-state index contributed by atoms with van der Waals surface area (Å²) in [6.07, 6.45) is 2.31. The number of rotatable bonds is 8. The van der Waals surface area contributed by atoms with Gasteiger partial charge < -0.3 is 9.62 Å². The molecule has 0 aromatic heterocycles. The van der Waals surface area contributed by atoms with Gasteiger partial charge in [0.05, 0.1) is 10.6 Å². The molecule has 0 bridgehead atoms. The second kappa shape index (κ2) is 10.8. The maximum atomic E-state index is 11.5. The first kappa shape index (κ1) is 22.6. The molecule has 1 saturated heterocycles. The fourth-order valence-electron chi connectivity index (χ4n) is 4.26. The van der Waals surface area contributed by atoms with Crippen molar-refractivity contribution in [2.45, 2.75) is 31.2 Å². The van der Waals surface area contributed by atoms with Crippen LogP contribution in [0, 0.1) is 10.1 Å². The Labute approximate surface area is 193 Å². The van der Waals surface area contributed by atoms with Gasteiger partial charge in [0.15, 0.2) is 0 Å². The van der Waals surface area contributed by atoms with Crippen LogP contribution < -0.4 is 4.72 Å². The number of non-ortho nitro benzene ring substituents is 1. The first-order valence-electron chi connectivity index (χ1n) is 11.3. The highest BCUT2D eigenvalue weighted by atomic mass is 32.2. The van der Waals surface area contributed by atoms with Gasteiger partial charge in [-0.15, -0.1) is 0 Å². The van der Waals surface area contributed by atoms with Crippen LogP contribution in [-0.2, 0) is 6.54 Å². The number of hydrogen-bond donors (Lipinski definition) is 1. The normalized spacial score (nSPS) is 15.5. The molecule has 1 aliphatic heterocycles. The zero-order valence-corrected chi connectivity index (χ0v) is 19.3. The van der Waals surface area contributed by atoms with Crippen LogP contribution in [0.1, 0.15) is 25.3 Å². The Balaban J connectivity index is 1.45. The summed E-state index contributed by atoms with van der Waals surface area (Å²) in [6, 6.07) is 19.9. The summed E-state index contributed by atoms with van der Waals surface area (Å²) in [5.41, 5.74) is 1.87. The Morgan fingerprint density at radius 3 is 2.56 bits per heavy atom. The second-order valence-corrected chi connectivity index (χ2v) is 9.21. The van der Waals surface area contributed by atoms with Crippen molar-refractivity contribution < 1.29 is 4.92 Å². The number of nitrogens with one attached hydrogen (secondary N) is 1. The average Bonchev–Trinajstić information content (AvgIpc) is 3.02. The summed E-state index contributed by atoms with van der Waals surface area (Å²) >= 11 is 1.48. The largest absolute Gasteiger partial charge is 0.325 e. The smallest absolute Gasteiger partial charge is 0.271 e. The molecule has 1 N–H and O–H groups in total. The number of benzene rings is 3. The third kappa shape index (κ3) is 6.00. The van der Waals surface area contributed by atoms with Crippen molar-refractivity contribution in [3.8, 4) is 0 Å². The van der Waals surface area contributed by atoms with Gasteiger partial charge in [0.2, 0.25) is 0 Å². The summed E-state index contributed by atoms with van der Waals surface area (Å²) in [5.74, 6) is 0. The number of hydrogen-bond acceptors (Lipinski definition) is 6. The lowest BCUT2D eigenvalue weighted by atomic mass is 10.1. The highest BCUT2D eigenvalue weighted by Gasteiger charge is 2.17. The molecule has 1 fully saturated rings. The van der Waals surface area contributed by atoms with Crippen molar-refractivity contribution in [2.75, 3.05) is 37.4 Å². The minimum Gasteiger partial charge on any atom is -0.325 e. The molecule has 0 radical (unpaired) electrons. The monoisotopic (exact) mass is 450 g/mol. The Kier molecular flexibility index (Phi) is 7.63. The SMILES string of the molecule is CCCN1CCCN(Cc2cc(NSc3ccc4ccccc4c3)cc([N+](=O)[O-])c2)CC1. The fourth-order valence-corrected chi connectivity index (χ4v) is 4.93. The first-order chi connectivity index (χ1) is 15.6. The lowest BCUT2D eigenvalue weighted by Crippen LogP contribution is -2.31. The van der Waals surface area contributed by atoms with Gasteiger partial charge in [-0.1, -0.05) is 37.3 Å². The molecule has 6 nitrogen and oxygen atoms in total. The first-order valence-corrected chi connectivity index (χ1v) is 12.1. The van der Waals surface area contributed by atoms with E-state index in [1.54, 1.807) is 12.1 Å². The molecule has 0 saturated carbocycles. The topological polar surface area (TPSA) is 61.6 Å². The van der Waals surface area contributed by atoms with Crippen LogP contribution >= 0.6 is 11.9 Å². The lowest BCUT2D eigenvalue weighted by Gasteiger charge is -2.21. The average molecular weight is 451 g/mol. The van der Waals surface area contributed by atoms with Crippen LogP contribution in [0.15, 0.2) is 65.6 Å². The van der Waals surface area contributed by atoms with Gasteiger partial charge in [-0.05, 0) is 79.0 Å². The molecule has 4 rings (SSSR count). The van der Waals surface area contributed by atoms with Crippen LogP contribution in [0.4, 0.5) is 11.4 Å². The molecule has 0 amide bonds. The van der Waals surface area contributed by atoms with E-state index in [0.717, 1.165) is 61.8 Å². The standard InChI is InChI=1S/C25H30N4O2S/c1-2-10-27-11-5-12-28(14-13-27)19-20-15-23(18-24(16-20)29(30)31)26-32-25-9-8-21-6-3-4-7-22(21)17-25/h3-4,6-9,15-18,26H,2,5,10-14,19H2,1H3. The minimum absolute atomic E-state index is 0.131. The highest BCUT2D eigenvalue weighted by molar-refractivity contribution is 8.00. The van der Waals surface area contributed by atoms with Gasteiger partial charge in [0, 0.05) is 36.7 Å². The number of nitro benzene ring substituents is 1. The third-order valence-electron chi connectivity index (χ3n) is 5.82. The van der Waals surface area contributed by atoms with E-state index in [9.17, 15) is 10.1 Å². The molecule has 0 unspecified atom stereocenters. The van der Waals surface area contributed by atoms with Gasteiger partial charge in [0.1, 0.15) is 0 Å². The molecule has 0 aliphatic carbocycles. The van der Waals surface area contributed by atoms with Gasteiger partial charge in [0.25, 0.3) is 5.69 Å². The predicted octanol–water partition coefficient (Wildman–Crippen LogP) is 5.78. The summed E-state index contributed by atoms with van der Waals surface area (Å²) in [5, 5.41) is 13.9. The highest BCUT2D eigenvalue weighted by Crippen LogP contribution is 2.28. The summed E-state index contributed by atoms with van der Waals surface area (Å²) in [7, 11) is 0. The molecule has 7 heteroatoms. The Hall–Kier alpha value is -2.61. The summed E-state index contributed by atoms with van der Waals surface area (Å²) < 4.78 is 3.32. The molecule has 1 heterocycles. The van der Waals surface area contributed by atoms with E-state index in [0.29, 0.717) is 0 Å². The van der Waals surface area contributed by atoms with E-state index in [2.05, 4.69) is 51.8 Å². The van der Waals surface area contributed by atoms with Crippen LogP contribution in [0.2, 0.25) is 0 Å². The maximum absolute atomic E-state index is 11.5. The van der Waals surface area contributed by atoms with E-state index < -0.39 is 0 Å². The Morgan fingerprint density at radius 1 is 0.969 bits per heavy atom. The van der Waals surface area contributed by atoms with Crippen LogP contribution in [0.5, 0.6) is 0 Å². The van der Waals surface area contributed by atoms with Crippen LogP contribution in [0.3, 0.4) is 0 Å². The van der Waals surface area contributed by atoms with E-state index >= 15 is 0 Å². The molecule has 32 heavy (non-hydrogen) atoms. The van der Waals surface area contributed by atoms with Gasteiger partial charge >= 0.3 is 0 Å². The molecular weight excluding hydrogens is 420 g/mol. The van der Waals surface area contributed by atoms with Crippen molar-refractivity contribution in [3.63, 3.8) is 0 Å². The van der Waals surface area contributed by atoms with Crippen molar-refractivity contribution >= 4 is 34.1 Å². The fraction of sp³-hybridized carbons (Fsp3) is 0.360. The number of anilines is 1. The van der Waals surface area contributed by atoms with E-state index in [-0.39, 0.29) is 10.6 Å². The molecule has 3 aromatic rings. The molecular formula is C25H30N4O2S. The van der Waals surface area contributed by atoms with Crippen LogP contribution in [0.25, 0.3) is 10.8 Å². The van der Waals surface area contributed by atoms with Crippen molar-refractivity contribution in [3.05, 3.63) is 76.3 Å². The summed E-state index contributed by atoms with van der Waals surface area (Å²) in [6.45, 7) is 8.31. The number of fused-ring (bicyclic) bond motifs is 1. The van der Waals surface area contributed by atoms with Crippen molar-refractivity contribution in [2.24, 2.45) is 0 Å². The zero-order chi connectivity index (χ0) is 22.3. The lowest BCUT2D eigenvalue weighted by molar-refractivity contribution is -0.384. The van der Waals surface area contributed by atoms with E-state index in [4.69, 9.17) is 0 Å². The van der Waals surface area contributed by atoms with Gasteiger partial charge in [-0.25, -0.2) is 0 Å².